The van der Waals surface area contributed by atoms with Crippen molar-refractivity contribution in [3.05, 3.63) is 70.9 Å². The minimum absolute atomic E-state index is 0.0405. The van der Waals surface area contributed by atoms with Crippen LogP contribution in [0.5, 0.6) is 5.75 Å². The van der Waals surface area contributed by atoms with Crippen LogP contribution < -0.4 is 10.2 Å². The third kappa shape index (κ3) is 6.82. The molecule has 7 nitrogen and oxygen atoms in total. The Labute approximate surface area is 205 Å². The van der Waals surface area contributed by atoms with Crippen molar-refractivity contribution in [2.75, 3.05) is 39.3 Å². The Morgan fingerprint density at radius 2 is 1.80 bits per heavy atom. The predicted molar refractivity (Wildman–Crippen MR) is 125 cm³/mol. The molecule has 0 spiro atoms. The summed E-state index contributed by atoms with van der Waals surface area (Å²) in [5, 5.41) is 13.5. The summed E-state index contributed by atoms with van der Waals surface area (Å²) in [4.78, 5) is 19.0. The molecule has 2 heterocycles. The van der Waals surface area contributed by atoms with Crippen LogP contribution in [0.2, 0.25) is 5.02 Å². The molecule has 2 aromatic carbocycles. The van der Waals surface area contributed by atoms with E-state index in [0.717, 1.165) is 17.5 Å². The largest absolute Gasteiger partial charge is 0.491 e. The predicted octanol–water partition coefficient (Wildman–Crippen LogP) is 3.61. The number of hydrogen-bond acceptors (Lipinski definition) is 6. The van der Waals surface area contributed by atoms with Crippen LogP contribution in [0.25, 0.3) is 10.9 Å². The van der Waals surface area contributed by atoms with Gasteiger partial charge in [-0.15, -0.1) is 0 Å². The number of benzene rings is 2. The van der Waals surface area contributed by atoms with Gasteiger partial charge in [0.1, 0.15) is 24.2 Å². The molecule has 2 N–H and O–H groups in total. The van der Waals surface area contributed by atoms with Gasteiger partial charge in [0.25, 0.3) is 5.91 Å². The van der Waals surface area contributed by atoms with Crippen LogP contribution in [-0.2, 0) is 6.18 Å². The van der Waals surface area contributed by atoms with Crippen molar-refractivity contribution < 1.29 is 27.8 Å². The summed E-state index contributed by atoms with van der Waals surface area (Å²) in [5.74, 6) is -0.0461. The van der Waals surface area contributed by atoms with Gasteiger partial charge in [0.15, 0.2) is 0 Å². The zero-order valence-corrected chi connectivity index (χ0v) is 19.4. The van der Waals surface area contributed by atoms with Crippen molar-refractivity contribution in [1.82, 2.24) is 20.3 Å². The number of pyridine rings is 1. The fourth-order valence-corrected chi connectivity index (χ4v) is 3.93. The normalized spacial score (nSPS) is 16.3. The molecule has 0 unspecified atom stereocenters. The lowest BCUT2D eigenvalue weighted by atomic mass is 10.2. The number of fused-ring (bicyclic) bond motifs is 1. The number of β-amino-alcohol motifs (C(OH)–C–C–N with tert-alkyl or cyclic N) is 1. The molecule has 0 saturated carbocycles. The van der Waals surface area contributed by atoms with Crippen LogP contribution in [0.15, 0.2) is 54.6 Å². The van der Waals surface area contributed by atoms with E-state index in [1.807, 2.05) is 4.90 Å². The number of rotatable bonds is 7. The number of aromatic nitrogens is 1. The highest BCUT2D eigenvalue weighted by atomic mass is 35.5. The SMILES string of the molecule is O=C(NN1CCN(C[C@H](O)COc2ccc(C(F)(F)F)cc2)CC1)c1ccc2cc(Cl)ccc2n1. The molecule has 1 fully saturated rings. The summed E-state index contributed by atoms with van der Waals surface area (Å²) in [5.41, 5.74) is 3.09. The van der Waals surface area contributed by atoms with Crippen molar-refractivity contribution >= 4 is 28.4 Å². The zero-order valence-electron chi connectivity index (χ0n) is 18.6. The van der Waals surface area contributed by atoms with Gasteiger partial charge >= 0.3 is 6.18 Å². The number of halogens is 4. The number of amides is 1. The van der Waals surface area contributed by atoms with Gasteiger partial charge in [0.2, 0.25) is 0 Å². The average Bonchev–Trinajstić information content (AvgIpc) is 2.83. The first-order valence-electron chi connectivity index (χ1n) is 11.0. The van der Waals surface area contributed by atoms with Crippen LogP contribution in [-0.4, -0.2) is 71.3 Å². The molecule has 11 heteroatoms. The first-order valence-corrected chi connectivity index (χ1v) is 11.4. The second kappa shape index (κ2) is 10.8. The Balaban J connectivity index is 1.20. The fraction of sp³-hybridized carbons (Fsp3) is 0.333. The van der Waals surface area contributed by atoms with E-state index >= 15 is 0 Å². The quantitative estimate of drug-likeness (QED) is 0.508. The van der Waals surface area contributed by atoms with E-state index in [2.05, 4.69) is 10.4 Å². The number of ether oxygens (including phenoxy) is 1. The maximum Gasteiger partial charge on any atom is 0.416 e. The van der Waals surface area contributed by atoms with Gasteiger partial charge in [-0.05, 0) is 48.5 Å². The van der Waals surface area contributed by atoms with E-state index in [4.69, 9.17) is 16.3 Å². The third-order valence-corrected chi connectivity index (χ3v) is 5.84. The summed E-state index contributed by atoms with van der Waals surface area (Å²) in [6, 6.07) is 13.1. The molecule has 4 rings (SSSR count). The summed E-state index contributed by atoms with van der Waals surface area (Å²) >= 11 is 5.98. The second-order valence-corrected chi connectivity index (χ2v) is 8.69. The van der Waals surface area contributed by atoms with Gasteiger partial charge in [-0.2, -0.15) is 13.2 Å². The molecule has 1 amide bonds. The molecular weight excluding hydrogens is 485 g/mol. The van der Waals surface area contributed by atoms with E-state index in [9.17, 15) is 23.1 Å². The maximum absolute atomic E-state index is 12.6. The van der Waals surface area contributed by atoms with E-state index in [0.29, 0.717) is 49.0 Å². The number of nitrogens with one attached hydrogen (secondary N) is 1. The maximum atomic E-state index is 12.6. The van der Waals surface area contributed by atoms with E-state index in [1.54, 1.807) is 35.3 Å². The molecule has 1 aromatic heterocycles. The Kier molecular flexibility index (Phi) is 7.75. The number of hydrogen-bond donors (Lipinski definition) is 2. The minimum Gasteiger partial charge on any atom is -0.491 e. The summed E-state index contributed by atoms with van der Waals surface area (Å²) < 4.78 is 43.3. The Morgan fingerprint density at radius 3 is 2.49 bits per heavy atom. The molecule has 0 radical (unpaired) electrons. The van der Waals surface area contributed by atoms with E-state index in [-0.39, 0.29) is 18.3 Å². The second-order valence-electron chi connectivity index (χ2n) is 8.25. The van der Waals surface area contributed by atoms with Gasteiger partial charge in [-0.3, -0.25) is 15.1 Å². The Bertz CT molecular complexity index is 1170. The van der Waals surface area contributed by atoms with Crippen molar-refractivity contribution in [3.8, 4) is 5.75 Å². The van der Waals surface area contributed by atoms with Gasteiger partial charge in [-0.25, -0.2) is 9.99 Å². The number of alkyl halides is 3. The minimum atomic E-state index is -4.40. The number of carbonyl (C=O) groups is 1. The monoisotopic (exact) mass is 508 g/mol. The Hall–Kier alpha value is -2.92. The zero-order chi connectivity index (χ0) is 25.0. The van der Waals surface area contributed by atoms with Crippen molar-refractivity contribution in [2.45, 2.75) is 12.3 Å². The molecule has 0 aliphatic carbocycles. The topological polar surface area (TPSA) is 77.9 Å². The van der Waals surface area contributed by atoms with Gasteiger partial charge in [-0.1, -0.05) is 17.7 Å². The number of piperazine rings is 1. The van der Waals surface area contributed by atoms with Crippen LogP contribution in [0.4, 0.5) is 13.2 Å². The number of aliphatic hydroxyl groups excluding tert-OH is 1. The third-order valence-electron chi connectivity index (χ3n) is 5.61. The summed E-state index contributed by atoms with van der Waals surface area (Å²) in [6.45, 7) is 2.64. The molecule has 1 aliphatic rings. The number of nitrogens with zero attached hydrogens (tertiary/aromatic N) is 3. The molecule has 1 atom stereocenters. The first-order chi connectivity index (χ1) is 16.7. The smallest absolute Gasteiger partial charge is 0.416 e. The number of aliphatic hydroxyl groups is 1. The molecular formula is C24H24ClF3N4O3. The lowest BCUT2D eigenvalue weighted by molar-refractivity contribution is -0.137. The Morgan fingerprint density at radius 1 is 1.09 bits per heavy atom. The van der Waals surface area contributed by atoms with Crippen LogP contribution in [0.1, 0.15) is 16.1 Å². The van der Waals surface area contributed by atoms with Gasteiger partial charge in [0, 0.05) is 43.1 Å². The molecule has 1 aliphatic heterocycles. The van der Waals surface area contributed by atoms with Crippen LogP contribution in [0.3, 0.4) is 0 Å². The average molecular weight is 509 g/mol. The lowest BCUT2D eigenvalue weighted by Gasteiger charge is -2.35. The highest BCUT2D eigenvalue weighted by Gasteiger charge is 2.30. The molecule has 186 valence electrons. The molecule has 3 aromatic rings. The standard InChI is InChI=1S/C24H24ClF3N4O3/c25-18-4-8-21-16(13-18)1-7-22(29-21)23(34)30-32-11-9-31(10-12-32)14-19(33)15-35-20-5-2-17(3-6-20)24(26,27)28/h1-8,13,19,33H,9-12,14-15H2,(H,30,34)/t19-/m0/s1. The van der Waals surface area contributed by atoms with Crippen molar-refractivity contribution in [1.29, 1.82) is 0 Å². The van der Waals surface area contributed by atoms with Crippen LogP contribution in [0, 0.1) is 0 Å². The van der Waals surface area contributed by atoms with Gasteiger partial charge in [0.05, 0.1) is 11.1 Å². The highest BCUT2D eigenvalue weighted by molar-refractivity contribution is 6.31. The number of carbonyl (C=O) groups excluding carboxylic acids is 1. The summed E-state index contributed by atoms with van der Waals surface area (Å²) in [6.07, 6.45) is -5.21. The lowest BCUT2D eigenvalue weighted by Crippen LogP contribution is -2.55. The van der Waals surface area contributed by atoms with Crippen molar-refractivity contribution in [3.63, 3.8) is 0 Å². The summed E-state index contributed by atoms with van der Waals surface area (Å²) in [7, 11) is 0. The fourth-order valence-electron chi connectivity index (χ4n) is 3.75. The highest BCUT2D eigenvalue weighted by Crippen LogP contribution is 2.30. The first kappa shape index (κ1) is 25.2. The number of hydrazine groups is 1. The molecule has 35 heavy (non-hydrogen) atoms. The van der Waals surface area contributed by atoms with E-state index < -0.39 is 17.8 Å². The van der Waals surface area contributed by atoms with Crippen molar-refractivity contribution in [2.24, 2.45) is 0 Å². The van der Waals surface area contributed by atoms with Gasteiger partial charge < -0.3 is 9.84 Å². The molecule has 1 saturated heterocycles. The van der Waals surface area contributed by atoms with Crippen LogP contribution >= 0.6 is 11.6 Å². The van der Waals surface area contributed by atoms with E-state index in [1.165, 1.54) is 12.1 Å². The molecule has 0 bridgehead atoms.